The molecule has 0 aliphatic carbocycles. The molecule has 4 amide bonds. The summed E-state index contributed by atoms with van der Waals surface area (Å²) >= 11 is 0. The van der Waals surface area contributed by atoms with Crippen LogP contribution in [0.2, 0.25) is 0 Å². The van der Waals surface area contributed by atoms with Crippen LogP contribution in [0, 0.1) is 0 Å². The molecule has 0 radical (unpaired) electrons. The monoisotopic (exact) mass is 425 g/mol. The van der Waals surface area contributed by atoms with Crippen LogP contribution in [0.3, 0.4) is 0 Å². The second-order valence-electron chi connectivity index (χ2n) is 7.38. The van der Waals surface area contributed by atoms with Crippen molar-refractivity contribution in [3.63, 3.8) is 0 Å². The Bertz CT molecular complexity index is 958. The number of urea groups is 1. The Morgan fingerprint density at radius 3 is 2.42 bits per heavy atom. The van der Waals surface area contributed by atoms with Crippen LogP contribution in [0.15, 0.2) is 48.5 Å². The molecule has 0 saturated carbocycles. The van der Waals surface area contributed by atoms with E-state index in [1.54, 1.807) is 48.5 Å². The van der Waals surface area contributed by atoms with E-state index in [0.29, 0.717) is 29.5 Å². The van der Waals surface area contributed by atoms with Gasteiger partial charge in [0.25, 0.3) is 5.91 Å². The first-order valence-corrected chi connectivity index (χ1v) is 10.2. The van der Waals surface area contributed by atoms with Crippen molar-refractivity contribution < 1.29 is 23.9 Å². The summed E-state index contributed by atoms with van der Waals surface area (Å²) < 4.78 is 10.6. The smallest absolute Gasteiger partial charge is 0.332 e. The van der Waals surface area contributed by atoms with E-state index in [1.165, 1.54) is 12.0 Å². The van der Waals surface area contributed by atoms with E-state index in [9.17, 15) is 14.4 Å². The van der Waals surface area contributed by atoms with E-state index in [1.807, 2.05) is 20.8 Å². The van der Waals surface area contributed by atoms with Gasteiger partial charge >= 0.3 is 6.03 Å². The van der Waals surface area contributed by atoms with Crippen molar-refractivity contribution in [2.45, 2.75) is 39.3 Å². The van der Waals surface area contributed by atoms with E-state index in [2.05, 4.69) is 5.32 Å². The molecule has 2 aromatic carbocycles. The highest BCUT2D eigenvalue weighted by Crippen LogP contribution is 2.30. The highest BCUT2D eigenvalue weighted by molar-refractivity contribution is 6.22. The Kier molecular flexibility index (Phi) is 6.79. The Labute approximate surface area is 181 Å². The minimum Gasteiger partial charge on any atom is -0.497 e. The molecule has 8 heteroatoms. The molecule has 0 bridgehead atoms. The molecule has 1 aliphatic heterocycles. The Hall–Kier alpha value is -3.55. The lowest BCUT2D eigenvalue weighted by Crippen LogP contribution is -2.42. The molecule has 3 rings (SSSR count). The molecule has 2 aromatic rings. The molecule has 0 aromatic heterocycles. The molecular formula is C23H27N3O5. The summed E-state index contributed by atoms with van der Waals surface area (Å²) in [5.41, 5.74) is 1.00. The molecule has 1 heterocycles. The van der Waals surface area contributed by atoms with Gasteiger partial charge in [0.2, 0.25) is 5.91 Å². The zero-order valence-corrected chi connectivity index (χ0v) is 18.1. The van der Waals surface area contributed by atoms with Crippen LogP contribution in [0.25, 0.3) is 0 Å². The third kappa shape index (κ3) is 4.79. The van der Waals surface area contributed by atoms with Gasteiger partial charge in [-0.25, -0.2) is 9.69 Å². The number of nitrogens with zero attached hydrogens (tertiary/aromatic N) is 2. The highest BCUT2D eigenvalue weighted by Gasteiger charge is 2.47. The van der Waals surface area contributed by atoms with Crippen LogP contribution in [0.1, 0.15) is 27.2 Å². The van der Waals surface area contributed by atoms with E-state index in [-0.39, 0.29) is 18.4 Å². The van der Waals surface area contributed by atoms with Crippen molar-refractivity contribution in [3.05, 3.63) is 48.5 Å². The van der Waals surface area contributed by atoms with Gasteiger partial charge in [0.15, 0.2) is 0 Å². The largest absolute Gasteiger partial charge is 0.497 e. The quantitative estimate of drug-likeness (QED) is 0.652. The lowest BCUT2D eigenvalue weighted by atomic mass is 10.1. The number of hydrogen-bond acceptors (Lipinski definition) is 5. The second-order valence-corrected chi connectivity index (χ2v) is 7.38. The number of methoxy groups -OCH3 is 1. The van der Waals surface area contributed by atoms with Crippen LogP contribution >= 0.6 is 0 Å². The van der Waals surface area contributed by atoms with Crippen LogP contribution in [-0.4, -0.2) is 48.5 Å². The highest BCUT2D eigenvalue weighted by atomic mass is 16.5. The number of nitrogens with one attached hydrogen (secondary N) is 1. The topological polar surface area (TPSA) is 88.2 Å². The van der Waals surface area contributed by atoms with Gasteiger partial charge in [-0.05, 0) is 57.2 Å². The minimum atomic E-state index is -0.888. The molecule has 8 nitrogen and oxygen atoms in total. The maximum absolute atomic E-state index is 13.2. The fraction of sp³-hybridized carbons (Fsp3) is 0.348. The summed E-state index contributed by atoms with van der Waals surface area (Å²) in [7, 11) is 1.52. The van der Waals surface area contributed by atoms with Crippen LogP contribution in [0.4, 0.5) is 16.2 Å². The average molecular weight is 425 g/mol. The molecule has 164 valence electrons. The van der Waals surface area contributed by atoms with Crippen LogP contribution < -0.4 is 19.7 Å². The first kappa shape index (κ1) is 22.1. The van der Waals surface area contributed by atoms with E-state index < -0.39 is 18.0 Å². The molecule has 1 saturated heterocycles. The van der Waals surface area contributed by atoms with Gasteiger partial charge in [0.05, 0.1) is 25.8 Å². The fourth-order valence-electron chi connectivity index (χ4n) is 3.55. The summed E-state index contributed by atoms with van der Waals surface area (Å²) in [4.78, 5) is 41.4. The zero-order valence-electron chi connectivity index (χ0n) is 18.1. The minimum absolute atomic E-state index is 0.142. The average Bonchev–Trinajstić information content (AvgIpc) is 2.99. The van der Waals surface area contributed by atoms with Crippen molar-refractivity contribution in [3.8, 4) is 11.5 Å². The maximum Gasteiger partial charge on any atom is 0.332 e. The Balaban J connectivity index is 1.77. The van der Waals surface area contributed by atoms with Crippen molar-refractivity contribution in [1.29, 1.82) is 0 Å². The van der Waals surface area contributed by atoms with E-state index in [4.69, 9.17) is 9.47 Å². The molecule has 0 spiro atoms. The molecule has 31 heavy (non-hydrogen) atoms. The molecule has 1 aliphatic rings. The normalized spacial score (nSPS) is 16.1. The standard InChI is InChI=1S/C23H27N3O5/c1-5-31-18-11-9-16(10-12-18)24-21(27)14-20-22(28)26(23(29)25(20)15(2)3)17-7-6-8-19(13-17)30-4/h6-13,15,20H,5,14H2,1-4H3,(H,24,27)/t20-/m0/s1. The van der Waals surface area contributed by atoms with Crippen molar-refractivity contribution in [2.75, 3.05) is 23.9 Å². The number of ether oxygens (including phenoxy) is 2. The SMILES string of the molecule is CCOc1ccc(NC(=O)C[C@H]2C(=O)N(c3cccc(OC)c3)C(=O)N2C(C)C)cc1. The van der Waals surface area contributed by atoms with Gasteiger partial charge in [-0.2, -0.15) is 0 Å². The molecule has 1 fully saturated rings. The Morgan fingerprint density at radius 1 is 1.10 bits per heavy atom. The van der Waals surface area contributed by atoms with Crippen LogP contribution in [-0.2, 0) is 9.59 Å². The number of imide groups is 1. The number of anilines is 2. The third-order valence-electron chi connectivity index (χ3n) is 4.95. The number of benzene rings is 2. The summed E-state index contributed by atoms with van der Waals surface area (Å²) in [6.07, 6.45) is -0.142. The summed E-state index contributed by atoms with van der Waals surface area (Å²) in [6.45, 7) is 6.08. The second kappa shape index (κ2) is 9.51. The van der Waals surface area contributed by atoms with Crippen molar-refractivity contribution in [2.24, 2.45) is 0 Å². The first-order valence-electron chi connectivity index (χ1n) is 10.2. The summed E-state index contributed by atoms with van der Waals surface area (Å²) in [5.74, 6) is 0.449. The Morgan fingerprint density at radius 2 is 1.81 bits per heavy atom. The van der Waals surface area contributed by atoms with Gasteiger partial charge in [0, 0.05) is 17.8 Å². The summed E-state index contributed by atoms with van der Waals surface area (Å²) in [5, 5.41) is 2.78. The van der Waals surface area contributed by atoms with Gasteiger partial charge in [-0.1, -0.05) is 6.07 Å². The van der Waals surface area contributed by atoms with Crippen molar-refractivity contribution in [1.82, 2.24) is 4.90 Å². The first-order chi connectivity index (χ1) is 14.8. The molecule has 1 N–H and O–H groups in total. The maximum atomic E-state index is 13.2. The van der Waals surface area contributed by atoms with E-state index in [0.717, 1.165) is 4.90 Å². The van der Waals surface area contributed by atoms with Gasteiger partial charge < -0.3 is 19.7 Å². The third-order valence-corrected chi connectivity index (χ3v) is 4.95. The van der Waals surface area contributed by atoms with Crippen LogP contribution in [0.5, 0.6) is 11.5 Å². The molecule has 0 unspecified atom stereocenters. The zero-order chi connectivity index (χ0) is 22.5. The predicted molar refractivity (Wildman–Crippen MR) is 117 cm³/mol. The fourth-order valence-corrected chi connectivity index (χ4v) is 3.55. The van der Waals surface area contributed by atoms with Gasteiger partial charge in [0.1, 0.15) is 17.5 Å². The van der Waals surface area contributed by atoms with E-state index >= 15 is 0 Å². The lowest BCUT2D eigenvalue weighted by molar-refractivity contribution is -0.124. The number of rotatable bonds is 8. The molecular weight excluding hydrogens is 398 g/mol. The van der Waals surface area contributed by atoms with Gasteiger partial charge in [-0.3, -0.25) is 9.59 Å². The number of hydrogen-bond donors (Lipinski definition) is 1. The van der Waals surface area contributed by atoms with Crippen molar-refractivity contribution >= 4 is 29.2 Å². The summed E-state index contributed by atoms with van der Waals surface area (Å²) in [6, 6.07) is 12.1. The van der Waals surface area contributed by atoms with Gasteiger partial charge in [-0.15, -0.1) is 0 Å². The molecule has 1 atom stereocenters. The number of carbonyl (C=O) groups excluding carboxylic acids is 3. The lowest BCUT2D eigenvalue weighted by Gasteiger charge is -2.25. The number of amides is 4. The predicted octanol–water partition coefficient (Wildman–Crippen LogP) is 3.67. The number of carbonyl (C=O) groups is 3.